The van der Waals surface area contributed by atoms with Gasteiger partial charge in [-0.25, -0.2) is 4.79 Å². The van der Waals surface area contributed by atoms with Crippen LogP contribution in [0.1, 0.15) is 13.3 Å². The van der Waals surface area contributed by atoms with Gasteiger partial charge in [0.25, 0.3) is 0 Å². The Balaban J connectivity index is 2.74. The third-order valence-electron chi connectivity index (χ3n) is 2.08. The van der Waals surface area contributed by atoms with Crippen LogP contribution in [0.3, 0.4) is 0 Å². The molecule has 0 aromatic rings. The Morgan fingerprint density at radius 1 is 1.38 bits per heavy atom. The molecule has 1 aliphatic rings. The molecule has 1 aliphatic carbocycles. The van der Waals surface area contributed by atoms with Crippen LogP contribution in [0.25, 0.3) is 0 Å². The molecule has 0 unspecified atom stereocenters. The highest BCUT2D eigenvalue weighted by Crippen LogP contribution is 2.13. The quantitative estimate of drug-likeness (QED) is 0.314. The predicted molar refractivity (Wildman–Crippen MR) is 61.8 cm³/mol. The maximum absolute atomic E-state index is 11.8. The van der Waals surface area contributed by atoms with Gasteiger partial charge in [0.2, 0.25) is 0 Å². The monoisotopic (exact) mass is 218 g/mol. The van der Waals surface area contributed by atoms with Gasteiger partial charge in [-0.1, -0.05) is 37.0 Å². The molecule has 3 nitrogen and oxygen atoms in total. The summed E-state index contributed by atoms with van der Waals surface area (Å²) in [5, 5.41) is 0. The fraction of sp³-hybridized carbons (Fsp3) is 0.231. The highest BCUT2D eigenvalue weighted by molar-refractivity contribution is 6.23. The average Bonchev–Trinajstić information content (AvgIpc) is 2.56. The number of hydrogen-bond acceptors (Lipinski definition) is 3. The summed E-state index contributed by atoms with van der Waals surface area (Å²) in [6, 6.07) is 0. The molecule has 0 aliphatic heterocycles. The molecular formula is C13H14O3. The zero-order valence-corrected chi connectivity index (χ0v) is 9.23. The molecule has 0 heterocycles. The highest BCUT2D eigenvalue weighted by Gasteiger charge is 2.19. The van der Waals surface area contributed by atoms with Gasteiger partial charge in [-0.15, -0.1) is 0 Å². The second-order valence-electron chi connectivity index (χ2n) is 3.24. The molecule has 3 heteroatoms. The Morgan fingerprint density at radius 2 is 2.12 bits per heavy atom. The van der Waals surface area contributed by atoms with Crippen LogP contribution < -0.4 is 0 Å². The zero-order chi connectivity index (χ0) is 12.0. The Hall–Kier alpha value is -1.90. The van der Waals surface area contributed by atoms with Crippen molar-refractivity contribution >= 4 is 11.8 Å². The Labute approximate surface area is 94.8 Å². The smallest absolute Gasteiger partial charge is 0.341 e. The molecule has 0 bridgehead atoms. The molecule has 0 N–H and O–H groups in total. The van der Waals surface area contributed by atoms with Gasteiger partial charge in [0.1, 0.15) is 5.57 Å². The van der Waals surface area contributed by atoms with E-state index in [0.29, 0.717) is 12.0 Å². The first-order chi connectivity index (χ1) is 7.66. The minimum atomic E-state index is -0.648. The van der Waals surface area contributed by atoms with Gasteiger partial charge in [-0.3, -0.25) is 4.79 Å². The molecule has 0 radical (unpaired) electrons. The molecule has 0 spiro atoms. The minimum Gasteiger partial charge on any atom is -0.462 e. The van der Waals surface area contributed by atoms with Crippen molar-refractivity contribution in [1.82, 2.24) is 0 Å². The summed E-state index contributed by atoms with van der Waals surface area (Å²) in [5.74, 6) is -1.000. The Morgan fingerprint density at radius 3 is 2.81 bits per heavy atom. The van der Waals surface area contributed by atoms with Gasteiger partial charge in [-0.2, -0.15) is 0 Å². The van der Waals surface area contributed by atoms with Crippen LogP contribution in [0.15, 0.2) is 48.1 Å². The van der Waals surface area contributed by atoms with Crippen molar-refractivity contribution in [2.24, 2.45) is 0 Å². The number of rotatable bonds is 4. The van der Waals surface area contributed by atoms with Crippen LogP contribution in [0, 0.1) is 0 Å². The van der Waals surface area contributed by atoms with E-state index in [1.807, 2.05) is 18.2 Å². The Bertz CT molecular complexity index is 397. The summed E-state index contributed by atoms with van der Waals surface area (Å²) in [6.07, 6.45) is 9.48. The highest BCUT2D eigenvalue weighted by atomic mass is 16.5. The standard InChI is InChI=1S/C13H14O3/c1-3-16-13(15)10(2)12(14)11-8-6-4-5-7-9-11/h4-8H,2-3,9H2,1H3. The minimum absolute atomic E-state index is 0.114. The van der Waals surface area contributed by atoms with E-state index in [1.165, 1.54) is 0 Å². The number of esters is 1. The van der Waals surface area contributed by atoms with E-state index >= 15 is 0 Å². The summed E-state index contributed by atoms with van der Waals surface area (Å²) >= 11 is 0. The van der Waals surface area contributed by atoms with Crippen LogP contribution >= 0.6 is 0 Å². The first-order valence-corrected chi connectivity index (χ1v) is 5.10. The van der Waals surface area contributed by atoms with E-state index in [0.717, 1.165) is 0 Å². The van der Waals surface area contributed by atoms with E-state index in [-0.39, 0.29) is 18.0 Å². The van der Waals surface area contributed by atoms with Crippen molar-refractivity contribution in [2.45, 2.75) is 13.3 Å². The molecule has 0 saturated carbocycles. The largest absolute Gasteiger partial charge is 0.462 e. The number of carbonyl (C=O) groups excluding carboxylic acids is 2. The lowest BCUT2D eigenvalue weighted by Gasteiger charge is -2.05. The van der Waals surface area contributed by atoms with E-state index in [4.69, 9.17) is 4.74 Å². The zero-order valence-electron chi connectivity index (χ0n) is 9.23. The number of Topliss-reactive ketones (excluding diaryl/α,β-unsaturated/α-hetero) is 1. The van der Waals surface area contributed by atoms with Crippen LogP contribution in [0.2, 0.25) is 0 Å². The lowest BCUT2D eigenvalue weighted by molar-refractivity contribution is -0.139. The van der Waals surface area contributed by atoms with Gasteiger partial charge in [0.15, 0.2) is 5.78 Å². The number of carbonyl (C=O) groups is 2. The lowest BCUT2D eigenvalue weighted by Crippen LogP contribution is -2.16. The molecule has 16 heavy (non-hydrogen) atoms. The summed E-state index contributed by atoms with van der Waals surface area (Å²) in [4.78, 5) is 23.1. The maximum atomic E-state index is 11.8. The van der Waals surface area contributed by atoms with Crippen molar-refractivity contribution in [2.75, 3.05) is 6.61 Å². The van der Waals surface area contributed by atoms with Gasteiger partial charge >= 0.3 is 5.97 Å². The van der Waals surface area contributed by atoms with Gasteiger partial charge in [0.05, 0.1) is 6.61 Å². The van der Waals surface area contributed by atoms with Crippen molar-refractivity contribution in [1.29, 1.82) is 0 Å². The first kappa shape index (κ1) is 12.2. The van der Waals surface area contributed by atoms with Crippen molar-refractivity contribution in [3.63, 3.8) is 0 Å². The molecule has 84 valence electrons. The molecule has 0 aromatic heterocycles. The molecule has 0 aromatic carbocycles. The summed E-state index contributed by atoms with van der Waals surface area (Å²) in [6.45, 7) is 5.39. The fourth-order valence-corrected chi connectivity index (χ4v) is 1.25. The molecule has 0 atom stereocenters. The Kier molecular flexibility index (Phi) is 4.45. The summed E-state index contributed by atoms with van der Waals surface area (Å²) in [7, 11) is 0. The number of hydrogen-bond donors (Lipinski definition) is 0. The van der Waals surface area contributed by atoms with Crippen LogP contribution in [-0.2, 0) is 14.3 Å². The van der Waals surface area contributed by atoms with Gasteiger partial charge < -0.3 is 4.74 Å². The normalized spacial score (nSPS) is 13.9. The van der Waals surface area contributed by atoms with E-state index in [1.54, 1.807) is 19.1 Å². The third kappa shape index (κ3) is 3.05. The van der Waals surface area contributed by atoms with Crippen LogP contribution in [0.4, 0.5) is 0 Å². The molecule has 0 saturated heterocycles. The van der Waals surface area contributed by atoms with Gasteiger partial charge in [-0.05, 0) is 13.3 Å². The molecule has 0 amide bonds. The fourth-order valence-electron chi connectivity index (χ4n) is 1.25. The summed E-state index contributed by atoms with van der Waals surface area (Å²) in [5.41, 5.74) is 0.430. The first-order valence-electron chi connectivity index (χ1n) is 5.10. The molecule has 1 rings (SSSR count). The molecule has 0 fully saturated rings. The second kappa shape index (κ2) is 5.85. The summed E-state index contributed by atoms with van der Waals surface area (Å²) < 4.78 is 4.72. The predicted octanol–water partition coefficient (Wildman–Crippen LogP) is 2.12. The number of ketones is 1. The average molecular weight is 218 g/mol. The maximum Gasteiger partial charge on any atom is 0.341 e. The van der Waals surface area contributed by atoms with E-state index in [2.05, 4.69) is 6.58 Å². The third-order valence-corrected chi connectivity index (χ3v) is 2.08. The topological polar surface area (TPSA) is 43.4 Å². The van der Waals surface area contributed by atoms with E-state index < -0.39 is 5.97 Å². The van der Waals surface area contributed by atoms with Crippen molar-refractivity contribution in [3.8, 4) is 0 Å². The van der Waals surface area contributed by atoms with Crippen molar-refractivity contribution in [3.05, 3.63) is 48.1 Å². The second-order valence-corrected chi connectivity index (χ2v) is 3.24. The van der Waals surface area contributed by atoms with E-state index in [9.17, 15) is 9.59 Å². The van der Waals surface area contributed by atoms with Crippen LogP contribution in [0.5, 0.6) is 0 Å². The molecular weight excluding hydrogens is 204 g/mol. The lowest BCUT2D eigenvalue weighted by atomic mass is 10.0. The van der Waals surface area contributed by atoms with Gasteiger partial charge in [0, 0.05) is 5.57 Å². The SMILES string of the molecule is C=C(C(=O)OCC)C(=O)C1=CC=CC=CC1. The number of allylic oxidation sites excluding steroid dienone is 6. The van der Waals surface area contributed by atoms with Crippen LogP contribution in [-0.4, -0.2) is 18.4 Å². The van der Waals surface area contributed by atoms with Crippen molar-refractivity contribution < 1.29 is 14.3 Å². The number of ether oxygens (including phenoxy) is 1.